The zero-order chi connectivity index (χ0) is 34.6. The van der Waals surface area contributed by atoms with Gasteiger partial charge in [-0.1, -0.05) is 62.2 Å². The van der Waals surface area contributed by atoms with Gasteiger partial charge in [-0.05, 0) is 95.3 Å². The first-order chi connectivity index (χ1) is 22.7. The fourth-order valence-electron chi connectivity index (χ4n) is 5.16. The molecule has 5 aromatic carbocycles. The van der Waals surface area contributed by atoms with Gasteiger partial charge in [-0.15, -0.1) is 13.2 Å². The summed E-state index contributed by atoms with van der Waals surface area (Å²) in [7, 11) is 0. The molecule has 0 aliphatic heterocycles. The molecule has 0 fully saturated rings. The average molecular weight is 675 g/mol. The molecule has 0 spiro atoms. The molecular weight excluding hydrogens is 647 g/mol. The molecule has 0 atom stereocenters. The van der Waals surface area contributed by atoms with Crippen LogP contribution in [0.15, 0.2) is 97.1 Å². The van der Waals surface area contributed by atoms with Gasteiger partial charge in [0.05, 0.1) is 11.1 Å². The van der Waals surface area contributed by atoms with E-state index in [1.165, 1.54) is 48.5 Å². The second-order valence-electron chi connectivity index (χ2n) is 11.0. The summed E-state index contributed by atoms with van der Waals surface area (Å²) in [6.07, 6.45) is -4.88. The number of ether oxygens (including phenoxy) is 2. The van der Waals surface area contributed by atoms with Gasteiger partial charge in [-0.25, -0.2) is 17.6 Å². The van der Waals surface area contributed by atoms with Crippen LogP contribution in [0, 0.1) is 23.3 Å². The second-order valence-corrected chi connectivity index (χ2v) is 11.0. The first-order valence-corrected chi connectivity index (χ1v) is 14.9. The van der Waals surface area contributed by atoms with Crippen LogP contribution in [0.1, 0.15) is 37.3 Å². The lowest BCUT2D eigenvalue weighted by atomic mass is 9.96. The van der Waals surface area contributed by atoms with Crippen molar-refractivity contribution < 1.29 is 49.0 Å². The molecule has 2 nitrogen and oxygen atoms in total. The van der Waals surface area contributed by atoms with Crippen molar-refractivity contribution in [2.75, 3.05) is 0 Å². The van der Waals surface area contributed by atoms with Gasteiger partial charge in [0, 0.05) is 5.56 Å². The molecule has 0 amide bonds. The van der Waals surface area contributed by atoms with Crippen molar-refractivity contribution in [3.8, 4) is 44.9 Å². The smallest absolute Gasteiger partial charge is 0.429 e. The van der Waals surface area contributed by atoms with E-state index in [2.05, 4.69) is 11.7 Å². The maximum absolute atomic E-state index is 15.2. The molecule has 0 saturated heterocycles. The Hall–Kier alpha value is -4.93. The summed E-state index contributed by atoms with van der Waals surface area (Å²) in [6.45, 7) is 2.08. The van der Waals surface area contributed by atoms with Crippen molar-refractivity contribution in [2.45, 2.75) is 45.1 Å². The summed E-state index contributed by atoms with van der Waals surface area (Å²) in [6, 6.07) is 18.9. The highest BCUT2D eigenvalue weighted by Gasteiger charge is 2.35. The topological polar surface area (TPSA) is 18.5 Å². The van der Waals surface area contributed by atoms with E-state index in [9.17, 15) is 26.3 Å². The third-order valence-electron chi connectivity index (χ3n) is 7.56. The van der Waals surface area contributed by atoms with E-state index in [1.54, 1.807) is 12.1 Å². The highest BCUT2D eigenvalue weighted by Crippen LogP contribution is 2.37. The summed E-state index contributed by atoms with van der Waals surface area (Å²) in [5.41, 5.74) is -0.0790. The molecule has 0 aliphatic carbocycles. The Morgan fingerprint density at radius 1 is 0.542 bits per heavy atom. The Balaban J connectivity index is 1.30. The van der Waals surface area contributed by atoms with Gasteiger partial charge in [0.1, 0.15) is 23.2 Å². The molecule has 5 rings (SSSR count). The summed E-state index contributed by atoms with van der Waals surface area (Å²) in [5.74, 6) is -6.08. The van der Waals surface area contributed by atoms with Gasteiger partial charge in [0.25, 0.3) is 0 Å². The molecule has 250 valence electrons. The zero-order valence-electron chi connectivity index (χ0n) is 25.3. The van der Waals surface area contributed by atoms with Gasteiger partial charge < -0.3 is 9.47 Å². The Morgan fingerprint density at radius 2 is 1.12 bits per heavy atom. The first kappa shape index (κ1) is 34.4. The van der Waals surface area contributed by atoms with Crippen LogP contribution in [0.4, 0.5) is 39.5 Å². The average Bonchev–Trinajstić information content (AvgIpc) is 3.02. The number of unbranched alkanes of at least 4 members (excludes halogenated alkanes) is 2. The van der Waals surface area contributed by atoms with Crippen molar-refractivity contribution >= 4 is 0 Å². The van der Waals surface area contributed by atoms with Crippen LogP contribution in [0.5, 0.6) is 11.5 Å². The summed E-state index contributed by atoms with van der Waals surface area (Å²) in [5, 5.41) is 0. The number of rotatable bonds is 11. The molecule has 0 aromatic heterocycles. The zero-order valence-corrected chi connectivity index (χ0v) is 25.3. The van der Waals surface area contributed by atoms with E-state index >= 15 is 13.2 Å². The van der Waals surface area contributed by atoms with Crippen LogP contribution >= 0.6 is 0 Å². The molecule has 48 heavy (non-hydrogen) atoms. The Morgan fingerprint density at radius 3 is 1.71 bits per heavy atom. The van der Waals surface area contributed by atoms with Crippen molar-refractivity contribution in [3.05, 3.63) is 131 Å². The summed E-state index contributed by atoms with van der Waals surface area (Å²) >= 11 is 0. The van der Waals surface area contributed by atoms with E-state index in [-0.39, 0.29) is 22.4 Å². The molecule has 0 radical (unpaired) electrons. The second kappa shape index (κ2) is 14.0. The molecule has 5 aromatic rings. The lowest BCUT2D eigenvalue weighted by Crippen LogP contribution is -2.21. The summed E-state index contributed by atoms with van der Waals surface area (Å²) < 4.78 is 135. The lowest BCUT2D eigenvalue weighted by molar-refractivity contribution is -0.275. The minimum Gasteiger partial charge on any atom is -0.429 e. The van der Waals surface area contributed by atoms with E-state index in [1.807, 2.05) is 0 Å². The van der Waals surface area contributed by atoms with Crippen molar-refractivity contribution in [1.82, 2.24) is 0 Å². The van der Waals surface area contributed by atoms with Crippen molar-refractivity contribution in [2.24, 2.45) is 0 Å². The molecule has 0 saturated carbocycles. The minimum absolute atomic E-state index is 0.124. The predicted molar refractivity (Wildman–Crippen MR) is 163 cm³/mol. The van der Waals surface area contributed by atoms with E-state index in [0.29, 0.717) is 23.3 Å². The van der Waals surface area contributed by atoms with Gasteiger partial charge >= 0.3 is 12.5 Å². The molecule has 0 N–H and O–H groups in total. The standard InChI is InChI=1S/C37H27F9O2/c1-2-3-4-5-22-6-12-27(13-7-22)36(42,43)47-28-14-8-23(9-15-28)24-10-16-29(30(38)18-24)26-20-32(40)35(33(41)21-26)25-11-17-34(31(39)19-25)48-37(44,45)46/h6-21H,2-5H2,1H3. The number of alkyl halides is 5. The number of aryl methyl sites for hydroxylation is 1. The molecule has 0 heterocycles. The van der Waals surface area contributed by atoms with E-state index < -0.39 is 52.6 Å². The van der Waals surface area contributed by atoms with Crippen LogP contribution in [0.25, 0.3) is 33.4 Å². The molecule has 0 bridgehead atoms. The normalized spacial score (nSPS) is 11.9. The van der Waals surface area contributed by atoms with Crippen LogP contribution < -0.4 is 9.47 Å². The van der Waals surface area contributed by atoms with Crippen molar-refractivity contribution in [1.29, 1.82) is 0 Å². The third-order valence-corrected chi connectivity index (χ3v) is 7.56. The number of halogens is 9. The number of hydrogen-bond donors (Lipinski definition) is 0. The fourth-order valence-corrected chi connectivity index (χ4v) is 5.16. The third kappa shape index (κ3) is 8.13. The van der Waals surface area contributed by atoms with Gasteiger partial charge in [-0.3, -0.25) is 0 Å². The molecular formula is C37H27F9O2. The van der Waals surface area contributed by atoms with Crippen LogP contribution in [0.3, 0.4) is 0 Å². The van der Waals surface area contributed by atoms with Crippen LogP contribution in [0.2, 0.25) is 0 Å². The quantitative estimate of drug-likeness (QED) is 0.103. The largest absolute Gasteiger partial charge is 0.573 e. The lowest BCUT2D eigenvalue weighted by Gasteiger charge is -2.19. The first-order valence-electron chi connectivity index (χ1n) is 14.9. The predicted octanol–water partition coefficient (Wildman–Crippen LogP) is 12.0. The summed E-state index contributed by atoms with van der Waals surface area (Å²) in [4.78, 5) is 0. The van der Waals surface area contributed by atoms with E-state index in [0.717, 1.165) is 55.5 Å². The van der Waals surface area contributed by atoms with Gasteiger partial charge in [0.15, 0.2) is 11.6 Å². The minimum atomic E-state index is -5.17. The van der Waals surface area contributed by atoms with Crippen LogP contribution in [-0.2, 0) is 12.5 Å². The monoisotopic (exact) mass is 674 g/mol. The van der Waals surface area contributed by atoms with Gasteiger partial charge in [-0.2, -0.15) is 8.78 Å². The Kier molecular flexibility index (Phi) is 10.1. The molecule has 0 aliphatic rings. The number of benzene rings is 5. The van der Waals surface area contributed by atoms with Crippen LogP contribution in [-0.4, -0.2) is 6.36 Å². The van der Waals surface area contributed by atoms with Gasteiger partial charge in [0.2, 0.25) is 0 Å². The Labute approximate surface area is 270 Å². The highest BCUT2D eigenvalue weighted by molar-refractivity contribution is 5.75. The fraction of sp³-hybridized carbons (Fsp3) is 0.189. The van der Waals surface area contributed by atoms with Crippen molar-refractivity contribution in [3.63, 3.8) is 0 Å². The number of hydrogen-bond acceptors (Lipinski definition) is 2. The maximum atomic E-state index is 15.2. The molecule has 11 heteroatoms. The Bertz CT molecular complexity index is 1860. The highest BCUT2D eigenvalue weighted by atomic mass is 19.4. The SMILES string of the molecule is CCCCCc1ccc(C(F)(F)Oc2ccc(-c3ccc(-c4cc(F)c(-c5ccc(OC(F)(F)F)c(F)c5)c(F)c4)c(F)c3)cc2)cc1. The molecule has 0 unspecified atom stereocenters. The maximum Gasteiger partial charge on any atom is 0.573 e. The van der Waals surface area contributed by atoms with E-state index in [4.69, 9.17) is 4.74 Å².